The van der Waals surface area contributed by atoms with Crippen molar-refractivity contribution in [3.05, 3.63) is 0 Å². The highest BCUT2D eigenvalue weighted by Gasteiger charge is 2.24. The SMILES string of the molecule is NCCC(F)C1CCCS1. The van der Waals surface area contributed by atoms with Crippen LogP contribution in [0.4, 0.5) is 4.39 Å². The molecule has 0 amide bonds. The van der Waals surface area contributed by atoms with Gasteiger partial charge in [0.25, 0.3) is 0 Å². The second kappa shape index (κ2) is 4.19. The van der Waals surface area contributed by atoms with Gasteiger partial charge in [0.2, 0.25) is 0 Å². The maximum Gasteiger partial charge on any atom is 0.113 e. The summed E-state index contributed by atoms with van der Waals surface area (Å²) in [4.78, 5) is 0. The van der Waals surface area contributed by atoms with Gasteiger partial charge in [-0.05, 0) is 31.6 Å². The molecule has 2 unspecified atom stereocenters. The molecule has 1 fully saturated rings. The summed E-state index contributed by atoms with van der Waals surface area (Å²) in [5.41, 5.74) is 5.25. The van der Waals surface area contributed by atoms with Gasteiger partial charge in [-0.3, -0.25) is 0 Å². The van der Waals surface area contributed by atoms with Crippen molar-refractivity contribution in [2.45, 2.75) is 30.7 Å². The Morgan fingerprint density at radius 1 is 1.70 bits per heavy atom. The second-order valence-corrected chi connectivity index (χ2v) is 3.99. The Hall–Kier alpha value is 0.240. The van der Waals surface area contributed by atoms with E-state index in [9.17, 15) is 4.39 Å². The van der Waals surface area contributed by atoms with Crippen LogP contribution < -0.4 is 5.73 Å². The van der Waals surface area contributed by atoms with Gasteiger partial charge >= 0.3 is 0 Å². The van der Waals surface area contributed by atoms with Crippen LogP contribution in [0, 0.1) is 0 Å². The van der Waals surface area contributed by atoms with Crippen LogP contribution in [0.25, 0.3) is 0 Å². The van der Waals surface area contributed by atoms with Crippen molar-refractivity contribution < 1.29 is 4.39 Å². The summed E-state index contributed by atoms with van der Waals surface area (Å²) in [6, 6.07) is 0. The average molecular weight is 163 g/mol. The Labute approximate surface area is 65.6 Å². The smallest absolute Gasteiger partial charge is 0.113 e. The lowest BCUT2D eigenvalue weighted by Gasteiger charge is -2.12. The van der Waals surface area contributed by atoms with Gasteiger partial charge in [0.05, 0.1) is 0 Å². The Morgan fingerprint density at radius 3 is 3.00 bits per heavy atom. The Kier molecular flexibility index (Phi) is 3.49. The number of alkyl halides is 1. The van der Waals surface area contributed by atoms with Crippen LogP contribution in [-0.4, -0.2) is 23.7 Å². The minimum Gasteiger partial charge on any atom is -0.330 e. The minimum absolute atomic E-state index is 0.253. The molecule has 10 heavy (non-hydrogen) atoms. The quantitative estimate of drug-likeness (QED) is 0.683. The fraction of sp³-hybridized carbons (Fsp3) is 1.00. The molecule has 0 bridgehead atoms. The van der Waals surface area contributed by atoms with Crippen LogP contribution in [0.3, 0.4) is 0 Å². The summed E-state index contributed by atoms with van der Waals surface area (Å²) in [6.45, 7) is 0.484. The molecule has 60 valence electrons. The van der Waals surface area contributed by atoms with Gasteiger partial charge < -0.3 is 5.73 Å². The van der Waals surface area contributed by atoms with E-state index in [1.54, 1.807) is 11.8 Å². The van der Waals surface area contributed by atoms with Crippen LogP contribution in [0.2, 0.25) is 0 Å². The van der Waals surface area contributed by atoms with Gasteiger partial charge in [-0.1, -0.05) is 0 Å². The number of nitrogens with two attached hydrogens (primary N) is 1. The average Bonchev–Trinajstić information content (AvgIpc) is 2.38. The van der Waals surface area contributed by atoms with Crippen molar-refractivity contribution in [3.63, 3.8) is 0 Å². The third-order valence-corrected chi connectivity index (χ3v) is 3.29. The minimum atomic E-state index is -0.655. The van der Waals surface area contributed by atoms with Crippen LogP contribution in [0.1, 0.15) is 19.3 Å². The third kappa shape index (κ3) is 2.13. The highest BCUT2D eigenvalue weighted by molar-refractivity contribution is 8.00. The molecule has 0 aromatic carbocycles. The highest BCUT2D eigenvalue weighted by Crippen LogP contribution is 2.31. The molecular weight excluding hydrogens is 149 g/mol. The Morgan fingerprint density at radius 2 is 2.50 bits per heavy atom. The summed E-state index contributed by atoms with van der Waals surface area (Å²) in [5.74, 6) is 1.13. The summed E-state index contributed by atoms with van der Waals surface area (Å²) in [5, 5.41) is 0.253. The van der Waals surface area contributed by atoms with Crippen LogP contribution in [0.5, 0.6) is 0 Å². The van der Waals surface area contributed by atoms with Crippen molar-refractivity contribution in [1.29, 1.82) is 0 Å². The number of hydrogen-bond donors (Lipinski definition) is 1. The first-order chi connectivity index (χ1) is 4.84. The molecule has 0 spiro atoms. The fourth-order valence-electron chi connectivity index (χ4n) is 1.23. The van der Waals surface area contributed by atoms with Gasteiger partial charge in [0, 0.05) is 5.25 Å². The monoisotopic (exact) mass is 163 g/mol. The van der Waals surface area contributed by atoms with Crippen molar-refractivity contribution in [2.24, 2.45) is 5.73 Å². The van der Waals surface area contributed by atoms with Crippen molar-refractivity contribution in [1.82, 2.24) is 0 Å². The van der Waals surface area contributed by atoms with E-state index in [0.717, 1.165) is 12.2 Å². The molecule has 3 heteroatoms. The van der Waals surface area contributed by atoms with E-state index in [1.165, 1.54) is 6.42 Å². The summed E-state index contributed by atoms with van der Waals surface area (Å²) >= 11 is 1.76. The van der Waals surface area contributed by atoms with Gasteiger partial charge in [-0.25, -0.2) is 4.39 Å². The molecule has 1 heterocycles. The first-order valence-electron chi connectivity index (χ1n) is 3.80. The first kappa shape index (κ1) is 8.34. The number of thioether (sulfide) groups is 1. The predicted octanol–water partition coefficient (Wildman–Crippen LogP) is 1.57. The number of rotatable bonds is 3. The van der Waals surface area contributed by atoms with E-state index in [-0.39, 0.29) is 5.25 Å². The van der Waals surface area contributed by atoms with Crippen molar-refractivity contribution >= 4 is 11.8 Å². The number of halogens is 1. The normalized spacial score (nSPS) is 28.8. The van der Waals surface area contributed by atoms with Crippen LogP contribution in [-0.2, 0) is 0 Å². The van der Waals surface area contributed by atoms with Gasteiger partial charge in [-0.15, -0.1) is 0 Å². The molecule has 1 saturated heterocycles. The molecule has 1 aliphatic rings. The highest BCUT2D eigenvalue weighted by atomic mass is 32.2. The van der Waals surface area contributed by atoms with E-state index in [1.807, 2.05) is 0 Å². The number of hydrogen-bond acceptors (Lipinski definition) is 2. The molecule has 0 aromatic heterocycles. The van der Waals surface area contributed by atoms with Gasteiger partial charge in [0.15, 0.2) is 0 Å². The molecule has 1 rings (SSSR count). The predicted molar refractivity (Wildman–Crippen MR) is 44.0 cm³/mol. The topological polar surface area (TPSA) is 26.0 Å². The summed E-state index contributed by atoms with van der Waals surface area (Å²) in [6.07, 6.45) is 2.11. The molecule has 0 saturated carbocycles. The van der Waals surface area contributed by atoms with Crippen LogP contribution in [0.15, 0.2) is 0 Å². The van der Waals surface area contributed by atoms with E-state index in [0.29, 0.717) is 13.0 Å². The van der Waals surface area contributed by atoms with E-state index < -0.39 is 6.17 Å². The lowest BCUT2D eigenvalue weighted by Crippen LogP contribution is -2.19. The maximum atomic E-state index is 13.0. The fourth-order valence-corrected chi connectivity index (χ4v) is 2.55. The van der Waals surface area contributed by atoms with Gasteiger partial charge in [0.1, 0.15) is 6.17 Å². The molecule has 2 atom stereocenters. The zero-order valence-electron chi connectivity index (χ0n) is 6.05. The third-order valence-electron chi connectivity index (χ3n) is 1.81. The zero-order chi connectivity index (χ0) is 7.40. The molecule has 0 aromatic rings. The van der Waals surface area contributed by atoms with Crippen molar-refractivity contribution in [2.75, 3.05) is 12.3 Å². The lowest BCUT2D eigenvalue weighted by molar-refractivity contribution is 0.306. The molecular formula is C7H14FNS. The molecule has 1 nitrogen and oxygen atoms in total. The largest absolute Gasteiger partial charge is 0.330 e. The summed E-state index contributed by atoms with van der Waals surface area (Å²) in [7, 11) is 0. The first-order valence-corrected chi connectivity index (χ1v) is 4.85. The maximum absolute atomic E-state index is 13.0. The molecule has 2 N–H and O–H groups in total. The summed E-state index contributed by atoms with van der Waals surface area (Å²) < 4.78 is 13.0. The molecule has 0 radical (unpaired) electrons. The Bertz CT molecular complexity index is 93.6. The molecule has 1 aliphatic heterocycles. The zero-order valence-corrected chi connectivity index (χ0v) is 6.87. The van der Waals surface area contributed by atoms with Gasteiger partial charge in [-0.2, -0.15) is 11.8 Å². The van der Waals surface area contributed by atoms with E-state index in [4.69, 9.17) is 5.73 Å². The van der Waals surface area contributed by atoms with E-state index >= 15 is 0 Å². The lowest BCUT2D eigenvalue weighted by atomic mass is 10.1. The molecule has 0 aliphatic carbocycles. The van der Waals surface area contributed by atoms with Crippen molar-refractivity contribution in [3.8, 4) is 0 Å². The van der Waals surface area contributed by atoms with E-state index in [2.05, 4.69) is 0 Å². The second-order valence-electron chi connectivity index (χ2n) is 2.64. The Balaban J connectivity index is 2.18. The van der Waals surface area contributed by atoms with Crippen LogP contribution >= 0.6 is 11.8 Å². The standard InChI is InChI=1S/C7H14FNS/c8-6(3-4-9)7-2-1-5-10-7/h6-7H,1-5,9H2.